The van der Waals surface area contributed by atoms with Crippen LogP contribution in [0.15, 0.2) is 60.7 Å². The number of rotatable bonds is 8. The number of alkyl halides is 3. The van der Waals surface area contributed by atoms with E-state index in [1.165, 1.54) is 26.0 Å². The first-order chi connectivity index (χ1) is 15.2. The normalized spacial score (nSPS) is 13.4. The third kappa shape index (κ3) is 6.13. The van der Waals surface area contributed by atoms with Crippen molar-refractivity contribution in [3.05, 3.63) is 71.8 Å². The molecule has 0 aliphatic rings. The summed E-state index contributed by atoms with van der Waals surface area (Å²) in [6, 6.07) is 16.1. The van der Waals surface area contributed by atoms with Crippen molar-refractivity contribution in [2.45, 2.75) is 31.9 Å². The predicted molar refractivity (Wildman–Crippen MR) is 113 cm³/mol. The van der Waals surface area contributed by atoms with Crippen LogP contribution in [0.25, 0.3) is 0 Å². The molecule has 2 rings (SSSR count). The van der Waals surface area contributed by atoms with Gasteiger partial charge in [-0.2, -0.15) is 13.2 Å². The lowest BCUT2D eigenvalue weighted by Gasteiger charge is -2.36. The minimum atomic E-state index is -5.33. The topological polar surface area (TPSA) is 73.9 Å². The lowest BCUT2D eigenvalue weighted by Crippen LogP contribution is -2.58. The van der Waals surface area contributed by atoms with Gasteiger partial charge >= 0.3 is 25.1 Å². The second kappa shape index (κ2) is 11.2. The van der Waals surface area contributed by atoms with Crippen LogP contribution in [0.2, 0.25) is 0 Å². The summed E-state index contributed by atoms with van der Waals surface area (Å²) in [4.78, 5) is 12.4. The summed E-state index contributed by atoms with van der Waals surface area (Å²) < 4.78 is 71.5. The van der Waals surface area contributed by atoms with Crippen LogP contribution < -0.4 is 5.32 Å². The monoisotopic (exact) mass is 469 g/mol. The highest BCUT2D eigenvalue weighted by molar-refractivity contribution is 7.56. The molecule has 0 aliphatic heterocycles. The van der Waals surface area contributed by atoms with Crippen LogP contribution in [0.4, 0.5) is 18.0 Å². The number of amides is 1. The fourth-order valence-corrected chi connectivity index (χ4v) is 4.50. The average molecular weight is 469 g/mol. The zero-order chi connectivity index (χ0) is 23.7. The maximum Gasteiger partial charge on any atom is 0.435 e. The Balaban J connectivity index is 2.51. The number of ether oxygens (including phenoxy) is 1. The Bertz CT molecular complexity index is 979. The second-order valence-electron chi connectivity index (χ2n) is 6.34. The Morgan fingerprint density at radius 1 is 0.969 bits per heavy atom. The predicted octanol–water partition coefficient (Wildman–Crippen LogP) is 5.49. The molecule has 2 aromatic rings. The van der Waals surface area contributed by atoms with E-state index in [1.54, 1.807) is 53.8 Å². The first-order valence-electron chi connectivity index (χ1n) is 9.70. The van der Waals surface area contributed by atoms with Gasteiger partial charge in [-0.05, 0) is 37.5 Å². The van der Waals surface area contributed by atoms with Gasteiger partial charge in [0.25, 0.3) is 0 Å². The standard InChI is InChI=1S/C22H23F3NO5P/c1-3-30-32(28,31-4-2)21(22(23,24)25,16-15-18-11-7-5-8-12-18)26-20(27)29-17-19-13-9-6-10-14-19/h5-14H,3-4,17H2,1-2H3,(H,26,27)/t21-/m0/s1. The zero-order valence-electron chi connectivity index (χ0n) is 17.5. The highest BCUT2D eigenvalue weighted by Gasteiger charge is 2.69. The van der Waals surface area contributed by atoms with Crippen LogP contribution in [0.1, 0.15) is 25.0 Å². The molecule has 1 amide bonds. The number of carbonyl (C=O) groups excluding carboxylic acids is 1. The molecule has 0 unspecified atom stereocenters. The summed E-state index contributed by atoms with van der Waals surface area (Å²) in [7, 11) is -5.08. The van der Waals surface area contributed by atoms with Crippen molar-refractivity contribution in [1.29, 1.82) is 0 Å². The lowest BCUT2D eigenvalue weighted by molar-refractivity contribution is -0.159. The Hall–Kier alpha value is -2.79. The Morgan fingerprint density at radius 3 is 2.00 bits per heavy atom. The van der Waals surface area contributed by atoms with E-state index in [9.17, 15) is 22.5 Å². The van der Waals surface area contributed by atoms with Crippen molar-refractivity contribution >= 4 is 13.7 Å². The molecule has 1 N–H and O–H groups in total. The summed E-state index contributed by atoms with van der Waals surface area (Å²) in [6.07, 6.45) is -6.81. The molecule has 2 aromatic carbocycles. The Morgan fingerprint density at radius 2 is 1.50 bits per heavy atom. The largest absolute Gasteiger partial charge is 0.445 e. The molecule has 1 atom stereocenters. The molecule has 0 saturated heterocycles. The van der Waals surface area contributed by atoms with Gasteiger partial charge in [0, 0.05) is 5.56 Å². The maximum absolute atomic E-state index is 14.4. The lowest BCUT2D eigenvalue weighted by atomic mass is 10.2. The number of halogens is 3. The molecule has 0 aliphatic carbocycles. The van der Waals surface area contributed by atoms with E-state index in [0.717, 1.165) is 0 Å². The van der Waals surface area contributed by atoms with Gasteiger partial charge in [0.15, 0.2) is 0 Å². The van der Waals surface area contributed by atoms with E-state index in [1.807, 2.05) is 5.92 Å². The summed E-state index contributed by atoms with van der Waals surface area (Å²) in [5, 5.41) is -2.01. The van der Waals surface area contributed by atoms with E-state index in [2.05, 4.69) is 5.92 Å². The first-order valence-corrected chi connectivity index (χ1v) is 11.2. The van der Waals surface area contributed by atoms with Gasteiger partial charge in [0.2, 0.25) is 0 Å². The summed E-state index contributed by atoms with van der Waals surface area (Å²) in [5.41, 5.74) is 0.758. The third-order valence-corrected chi connectivity index (χ3v) is 6.57. The van der Waals surface area contributed by atoms with Gasteiger partial charge in [-0.25, -0.2) is 4.79 Å². The van der Waals surface area contributed by atoms with E-state index in [0.29, 0.717) is 5.56 Å². The minimum Gasteiger partial charge on any atom is -0.445 e. The van der Waals surface area contributed by atoms with Crippen LogP contribution in [-0.2, 0) is 25.0 Å². The second-order valence-corrected chi connectivity index (χ2v) is 8.53. The number of nitrogens with one attached hydrogen (secondary N) is 1. The van der Waals surface area contributed by atoms with Crippen molar-refractivity contribution in [2.24, 2.45) is 0 Å². The highest BCUT2D eigenvalue weighted by Crippen LogP contribution is 2.64. The Labute approximate surface area is 184 Å². The van der Waals surface area contributed by atoms with Crippen molar-refractivity contribution < 1.29 is 36.3 Å². The van der Waals surface area contributed by atoms with Crippen molar-refractivity contribution in [1.82, 2.24) is 5.32 Å². The van der Waals surface area contributed by atoms with Gasteiger partial charge < -0.3 is 13.8 Å². The summed E-state index contributed by atoms with van der Waals surface area (Å²) >= 11 is 0. The van der Waals surface area contributed by atoms with Gasteiger partial charge in [0.1, 0.15) is 6.61 Å². The molecular weight excluding hydrogens is 446 g/mol. The van der Waals surface area contributed by atoms with E-state index in [-0.39, 0.29) is 25.4 Å². The molecule has 0 saturated carbocycles. The first kappa shape index (κ1) is 25.5. The van der Waals surface area contributed by atoms with Crippen molar-refractivity contribution in [3.8, 4) is 11.8 Å². The van der Waals surface area contributed by atoms with Crippen molar-refractivity contribution in [3.63, 3.8) is 0 Å². The maximum atomic E-state index is 14.4. The SMILES string of the molecule is CCOP(=O)(OCC)[C@](C#Cc1ccccc1)(NC(=O)OCc1ccccc1)C(F)(F)F. The molecule has 10 heteroatoms. The van der Waals surface area contributed by atoms with Crippen LogP contribution in [0, 0.1) is 11.8 Å². The molecular formula is C22H23F3NO5P. The van der Waals surface area contributed by atoms with Gasteiger partial charge in [-0.1, -0.05) is 54.5 Å². The minimum absolute atomic E-state index is 0.208. The third-order valence-electron chi connectivity index (χ3n) is 4.08. The molecule has 0 aromatic heterocycles. The highest BCUT2D eigenvalue weighted by atomic mass is 31.2. The number of carbonyl (C=O) groups is 1. The number of hydrogen-bond acceptors (Lipinski definition) is 5. The van der Waals surface area contributed by atoms with Gasteiger partial charge in [-0.15, -0.1) is 0 Å². The van der Waals surface area contributed by atoms with Gasteiger partial charge in [-0.3, -0.25) is 9.88 Å². The number of benzene rings is 2. The molecule has 0 bridgehead atoms. The summed E-state index contributed by atoms with van der Waals surface area (Å²) in [5.74, 6) is 4.25. The van der Waals surface area contributed by atoms with E-state index < -0.39 is 25.1 Å². The molecule has 0 spiro atoms. The number of alkyl carbamates (subject to hydrolysis) is 1. The average Bonchev–Trinajstić information content (AvgIpc) is 2.76. The fourth-order valence-electron chi connectivity index (χ4n) is 2.63. The van der Waals surface area contributed by atoms with Crippen LogP contribution in [0.5, 0.6) is 0 Å². The molecule has 0 radical (unpaired) electrons. The molecule has 6 nitrogen and oxygen atoms in total. The van der Waals surface area contributed by atoms with E-state index >= 15 is 0 Å². The quantitative estimate of drug-likeness (QED) is 0.409. The van der Waals surface area contributed by atoms with Crippen LogP contribution in [-0.4, -0.2) is 30.8 Å². The molecule has 0 fully saturated rings. The summed E-state index contributed by atoms with van der Waals surface area (Å²) in [6.45, 7) is 1.66. The fraction of sp³-hybridized carbons (Fsp3) is 0.318. The molecule has 172 valence electrons. The van der Waals surface area contributed by atoms with Crippen LogP contribution >= 0.6 is 7.60 Å². The van der Waals surface area contributed by atoms with Crippen molar-refractivity contribution in [2.75, 3.05) is 13.2 Å². The van der Waals surface area contributed by atoms with E-state index in [4.69, 9.17) is 13.8 Å². The molecule has 32 heavy (non-hydrogen) atoms. The molecule has 0 heterocycles. The smallest absolute Gasteiger partial charge is 0.435 e. The Kier molecular flexibility index (Phi) is 8.90. The van der Waals surface area contributed by atoms with Gasteiger partial charge in [0.05, 0.1) is 13.2 Å². The zero-order valence-corrected chi connectivity index (χ0v) is 18.4. The van der Waals surface area contributed by atoms with Crippen LogP contribution in [0.3, 0.4) is 0 Å². The number of hydrogen-bond donors (Lipinski definition) is 1.